The summed E-state index contributed by atoms with van der Waals surface area (Å²) in [5.41, 5.74) is 7.07. The van der Waals surface area contributed by atoms with Gasteiger partial charge in [0.1, 0.15) is 23.8 Å². The van der Waals surface area contributed by atoms with Crippen LogP contribution < -0.4 is 10.2 Å². The first-order valence-corrected chi connectivity index (χ1v) is 13.3. The highest BCUT2D eigenvalue weighted by Crippen LogP contribution is 2.26. The number of aromatic nitrogens is 1. The van der Waals surface area contributed by atoms with Crippen molar-refractivity contribution in [2.45, 2.75) is 46.8 Å². The third-order valence-corrected chi connectivity index (χ3v) is 6.57. The Morgan fingerprint density at radius 2 is 1.62 bits per heavy atom. The lowest BCUT2D eigenvalue weighted by atomic mass is 9.87. The van der Waals surface area contributed by atoms with Crippen LogP contribution in [0.1, 0.15) is 49.3 Å². The molecule has 0 saturated heterocycles. The Balaban J connectivity index is 1.30. The van der Waals surface area contributed by atoms with E-state index in [1.807, 2.05) is 112 Å². The zero-order chi connectivity index (χ0) is 28.4. The van der Waals surface area contributed by atoms with Crippen molar-refractivity contribution in [3.63, 3.8) is 0 Å². The molecule has 0 fully saturated rings. The molecule has 0 bridgehead atoms. The first kappa shape index (κ1) is 28.6. The van der Waals surface area contributed by atoms with Crippen molar-refractivity contribution >= 4 is 11.7 Å². The number of hydroxylamine groups is 1. The number of carbonyl (C=O) groups excluding carboxylic acids is 1. The van der Waals surface area contributed by atoms with Crippen molar-refractivity contribution < 1.29 is 23.5 Å². The minimum Gasteiger partial charge on any atom is -0.487 e. The number of oxazole rings is 1. The number of aryl methyl sites for hydroxylation is 1. The van der Waals surface area contributed by atoms with E-state index in [0.717, 1.165) is 39.6 Å². The van der Waals surface area contributed by atoms with Crippen LogP contribution in [0.3, 0.4) is 0 Å². The van der Waals surface area contributed by atoms with Gasteiger partial charge in [-0.1, -0.05) is 66.7 Å². The van der Waals surface area contributed by atoms with Gasteiger partial charge in [-0.15, -0.1) is 0 Å². The van der Waals surface area contributed by atoms with Crippen molar-refractivity contribution in [1.82, 2.24) is 10.5 Å². The quantitative estimate of drug-likeness (QED) is 0.141. The number of esters is 1. The first-order chi connectivity index (χ1) is 19.4. The van der Waals surface area contributed by atoms with Gasteiger partial charge in [-0.25, -0.2) is 4.98 Å². The molecule has 0 atom stereocenters. The monoisotopic (exact) mass is 540 g/mol. The smallest absolute Gasteiger partial charge is 0.311 e. The van der Waals surface area contributed by atoms with E-state index in [2.05, 4.69) is 10.5 Å². The molecule has 1 N–H and O–H groups in total. The van der Waals surface area contributed by atoms with Crippen LogP contribution in [0.4, 0.5) is 0 Å². The summed E-state index contributed by atoms with van der Waals surface area (Å²) in [5.74, 6) is 1.85. The number of allylic oxidation sites excluding steroid dienone is 1. The van der Waals surface area contributed by atoms with E-state index in [9.17, 15) is 4.79 Å². The third kappa shape index (κ3) is 7.83. The minimum atomic E-state index is -0.561. The van der Waals surface area contributed by atoms with Gasteiger partial charge in [0.15, 0.2) is 0 Å². The number of benzene rings is 3. The summed E-state index contributed by atoms with van der Waals surface area (Å²) in [7, 11) is 1.42. The Bertz CT molecular complexity index is 1390. The van der Waals surface area contributed by atoms with Crippen LogP contribution >= 0.6 is 0 Å². The molecule has 7 heteroatoms. The Kier molecular flexibility index (Phi) is 9.76. The van der Waals surface area contributed by atoms with Crippen LogP contribution in [0.15, 0.2) is 95.4 Å². The van der Waals surface area contributed by atoms with Crippen molar-refractivity contribution in [3.05, 3.63) is 114 Å². The number of rotatable bonds is 13. The van der Waals surface area contributed by atoms with Gasteiger partial charge in [0, 0.05) is 5.56 Å². The van der Waals surface area contributed by atoms with Gasteiger partial charge in [0.25, 0.3) is 0 Å². The highest BCUT2D eigenvalue weighted by molar-refractivity contribution is 5.75. The Morgan fingerprint density at radius 3 is 2.30 bits per heavy atom. The SMILES string of the molecule is COC(=O)C(C)(C)CCC=C(NOCc1ccc(OCc2nc(-c3ccccc3)oc2C)cc1)c1ccccc1. The lowest BCUT2D eigenvalue weighted by Gasteiger charge is -2.20. The zero-order valence-electron chi connectivity index (χ0n) is 23.5. The maximum absolute atomic E-state index is 12.0. The molecule has 40 heavy (non-hydrogen) atoms. The van der Waals surface area contributed by atoms with Gasteiger partial charge in [0.2, 0.25) is 5.89 Å². The molecule has 0 amide bonds. The molecule has 4 aromatic rings. The molecule has 7 nitrogen and oxygen atoms in total. The van der Waals surface area contributed by atoms with Gasteiger partial charge >= 0.3 is 5.97 Å². The predicted molar refractivity (Wildman–Crippen MR) is 155 cm³/mol. The molecule has 0 aliphatic rings. The third-order valence-electron chi connectivity index (χ3n) is 6.57. The number of nitrogens with zero attached hydrogens (tertiary/aromatic N) is 1. The Morgan fingerprint density at radius 1 is 0.950 bits per heavy atom. The second kappa shape index (κ2) is 13.6. The summed E-state index contributed by atoms with van der Waals surface area (Å²) in [5, 5.41) is 0. The molecule has 208 valence electrons. The van der Waals surface area contributed by atoms with E-state index < -0.39 is 5.41 Å². The molecular weight excluding hydrogens is 504 g/mol. The van der Waals surface area contributed by atoms with Crippen LogP contribution in [-0.4, -0.2) is 18.1 Å². The number of ether oxygens (including phenoxy) is 2. The molecule has 0 aliphatic heterocycles. The van der Waals surface area contributed by atoms with Crippen LogP contribution in [0.2, 0.25) is 0 Å². The summed E-state index contributed by atoms with van der Waals surface area (Å²) >= 11 is 0. The number of methoxy groups -OCH3 is 1. The molecule has 3 aromatic carbocycles. The number of carbonyl (C=O) groups is 1. The topological polar surface area (TPSA) is 82.8 Å². The van der Waals surface area contributed by atoms with E-state index in [-0.39, 0.29) is 5.97 Å². The fourth-order valence-corrected chi connectivity index (χ4v) is 4.09. The molecule has 0 radical (unpaired) electrons. The van der Waals surface area contributed by atoms with Gasteiger partial charge < -0.3 is 13.9 Å². The lowest BCUT2D eigenvalue weighted by Crippen LogP contribution is -2.25. The fraction of sp³-hybridized carbons (Fsp3) is 0.273. The standard InChI is InChI=1S/C33H36N2O5/c1-24-30(34-31(40-24)27-14-9-6-10-15-27)23-38-28-19-17-25(18-20-28)22-39-35-29(26-12-7-5-8-13-26)16-11-21-33(2,3)32(36)37-4/h5-10,12-20,35H,11,21-23H2,1-4H3. The van der Waals surface area contributed by atoms with Crippen LogP contribution in [0.5, 0.6) is 5.75 Å². The molecule has 1 aromatic heterocycles. The second-order valence-corrected chi connectivity index (χ2v) is 10.1. The first-order valence-electron chi connectivity index (χ1n) is 13.3. The van der Waals surface area contributed by atoms with Gasteiger partial charge in [-0.05, 0) is 69.0 Å². The lowest BCUT2D eigenvalue weighted by molar-refractivity contribution is -0.151. The molecule has 4 rings (SSSR count). The van der Waals surface area contributed by atoms with Crippen LogP contribution in [0.25, 0.3) is 17.2 Å². The summed E-state index contributed by atoms with van der Waals surface area (Å²) < 4.78 is 16.7. The Labute approximate surface area is 235 Å². The van der Waals surface area contributed by atoms with Gasteiger partial charge in [-0.2, -0.15) is 0 Å². The normalized spacial score (nSPS) is 11.8. The number of nitrogens with one attached hydrogen (secondary N) is 1. The van der Waals surface area contributed by atoms with Crippen LogP contribution in [-0.2, 0) is 27.6 Å². The van der Waals surface area contributed by atoms with Crippen molar-refractivity contribution in [1.29, 1.82) is 0 Å². The van der Waals surface area contributed by atoms with E-state index in [1.54, 1.807) is 0 Å². The largest absolute Gasteiger partial charge is 0.487 e. The van der Waals surface area contributed by atoms with Crippen molar-refractivity contribution in [2.75, 3.05) is 7.11 Å². The highest BCUT2D eigenvalue weighted by atomic mass is 16.6. The summed E-state index contributed by atoms with van der Waals surface area (Å²) in [6.45, 7) is 6.35. The molecule has 0 saturated carbocycles. The van der Waals surface area contributed by atoms with Gasteiger partial charge in [-0.3, -0.25) is 15.1 Å². The summed E-state index contributed by atoms with van der Waals surface area (Å²) in [4.78, 5) is 22.5. The summed E-state index contributed by atoms with van der Waals surface area (Å²) in [6, 6.07) is 27.5. The second-order valence-electron chi connectivity index (χ2n) is 10.1. The molecule has 0 aliphatic carbocycles. The summed E-state index contributed by atoms with van der Waals surface area (Å²) in [6.07, 6.45) is 3.39. The zero-order valence-corrected chi connectivity index (χ0v) is 23.5. The average Bonchev–Trinajstić information content (AvgIpc) is 3.36. The highest BCUT2D eigenvalue weighted by Gasteiger charge is 2.27. The number of hydrogen-bond donors (Lipinski definition) is 1. The molecule has 0 spiro atoms. The average molecular weight is 541 g/mol. The molecular formula is C33H36N2O5. The van der Waals surface area contributed by atoms with E-state index in [0.29, 0.717) is 31.9 Å². The van der Waals surface area contributed by atoms with E-state index >= 15 is 0 Å². The van der Waals surface area contributed by atoms with Crippen LogP contribution in [0, 0.1) is 12.3 Å². The predicted octanol–water partition coefficient (Wildman–Crippen LogP) is 7.27. The van der Waals surface area contributed by atoms with Crippen molar-refractivity contribution in [3.8, 4) is 17.2 Å². The van der Waals surface area contributed by atoms with E-state index in [4.69, 9.17) is 18.7 Å². The molecule has 0 unspecified atom stereocenters. The fourth-order valence-electron chi connectivity index (χ4n) is 4.09. The Hall–Kier alpha value is -4.36. The number of hydrogen-bond acceptors (Lipinski definition) is 7. The maximum atomic E-state index is 12.0. The molecule has 1 heterocycles. The minimum absolute atomic E-state index is 0.216. The van der Waals surface area contributed by atoms with Gasteiger partial charge in [0.05, 0.1) is 24.8 Å². The van der Waals surface area contributed by atoms with Crippen molar-refractivity contribution in [2.24, 2.45) is 5.41 Å². The van der Waals surface area contributed by atoms with E-state index in [1.165, 1.54) is 7.11 Å². The maximum Gasteiger partial charge on any atom is 0.311 e.